The van der Waals surface area contributed by atoms with Crippen LogP contribution in [0.25, 0.3) is 0 Å². The first-order valence-corrected chi connectivity index (χ1v) is 7.67. The number of para-hydroxylation sites is 1. The van der Waals surface area contributed by atoms with Crippen molar-refractivity contribution in [2.75, 3.05) is 11.9 Å². The van der Waals surface area contributed by atoms with Crippen LogP contribution in [0.4, 0.5) is 5.69 Å². The minimum absolute atomic E-state index is 0.105. The third-order valence-corrected chi connectivity index (χ3v) is 3.59. The Morgan fingerprint density at radius 3 is 3.00 bits per heavy atom. The lowest BCUT2D eigenvalue weighted by Crippen LogP contribution is -2.24. The Morgan fingerprint density at radius 2 is 2.22 bits per heavy atom. The van der Waals surface area contributed by atoms with E-state index in [1.807, 2.05) is 18.2 Å². The van der Waals surface area contributed by atoms with E-state index in [0.29, 0.717) is 18.0 Å². The van der Waals surface area contributed by atoms with Crippen molar-refractivity contribution >= 4 is 11.6 Å². The van der Waals surface area contributed by atoms with Gasteiger partial charge in [0.1, 0.15) is 5.60 Å². The summed E-state index contributed by atoms with van der Waals surface area (Å²) >= 11 is 0. The molecule has 120 valence electrons. The molecule has 0 atom stereocenters. The Labute approximate surface area is 135 Å². The molecule has 1 aromatic carbocycles. The van der Waals surface area contributed by atoms with Crippen LogP contribution in [-0.2, 0) is 11.2 Å². The smallest absolute Gasteiger partial charge is 0.227 e. The molecule has 0 radical (unpaired) electrons. The zero-order valence-corrected chi connectivity index (χ0v) is 13.3. The van der Waals surface area contributed by atoms with Crippen molar-refractivity contribution in [2.45, 2.75) is 32.3 Å². The molecule has 0 spiro atoms. The number of fused-ring (bicyclic) bond motifs is 1. The number of pyridine rings is 1. The molecule has 23 heavy (non-hydrogen) atoms. The molecule has 3 rings (SSSR count). The minimum Gasteiger partial charge on any atom is -0.489 e. The molecule has 0 saturated carbocycles. The highest BCUT2D eigenvalue weighted by Gasteiger charge is 2.32. The van der Waals surface area contributed by atoms with E-state index >= 15 is 0 Å². The van der Waals surface area contributed by atoms with Crippen LogP contribution in [0.2, 0.25) is 0 Å². The largest absolute Gasteiger partial charge is 0.489 e. The van der Waals surface area contributed by atoms with Gasteiger partial charge in [0.25, 0.3) is 0 Å². The molecule has 0 saturated heterocycles. The number of nitrogens with zero attached hydrogens (tertiary/aromatic N) is 1. The van der Waals surface area contributed by atoms with Crippen molar-refractivity contribution in [3.05, 3.63) is 48.3 Å². The molecular weight excluding hydrogens is 292 g/mol. The highest BCUT2D eigenvalue weighted by Crippen LogP contribution is 2.41. The lowest BCUT2D eigenvalue weighted by Gasteiger charge is -2.18. The molecule has 0 unspecified atom stereocenters. The van der Waals surface area contributed by atoms with Crippen molar-refractivity contribution in [2.24, 2.45) is 0 Å². The van der Waals surface area contributed by atoms with E-state index in [-0.39, 0.29) is 17.9 Å². The number of rotatable bonds is 5. The van der Waals surface area contributed by atoms with Gasteiger partial charge in [-0.2, -0.15) is 0 Å². The zero-order chi connectivity index (χ0) is 16.3. The second kappa shape index (κ2) is 6.28. The molecule has 2 heterocycles. The molecule has 5 nitrogen and oxygen atoms in total. The molecule has 1 aliphatic heterocycles. The summed E-state index contributed by atoms with van der Waals surface area (Å²) < 4.78 is 11.7. The number of nitrogens with one attached hydrogen (secondary N) is 1. The average molecular weight is 312 g/mol. The second-order valence-electron chi connectivity index (χ2n) is 6.17. The molecule has 0 aliphatic carbocycles. The first-order valence-electron chi connectivity index (χ1n) is 7.67. The van der Waals surface area contributed by atoms with Crippen LogP contribution in [0.1, 0.15) is 25.8 Å². The fourth-order valence-corrected chi connectivity index (χ4v) is 2.61. The molecule has 1 aliphatic rings. The number of carbonyl (C=O) groups is 1. The van der Waals surface area contributed by atoms with Gasteiger partial charge >= 0.3 is 0 Å². The lowest BCUT2D eigenvalue weighted by atomic mass is 10.0. The monoisotopic (exact) mass is 312 g/mol. The molecule has 0 bridgehead atoms. The Morgan fingerprint density at radius 1 is 1.35 bits per heavy atom. The van der Waals surface area contributed by atoms with E-state index in [0.717, 1.165) is 17.7 Å². The van der Waals surface area contributed by atoms with Crippen LogP contribution < -0.4 is 14.8 Å². The van der Waals surface area contributed by atoms with Crippen LogP contribution in [0.3, 0.4) is 0 Å². The Bertz CT molecular complexity index is 699. The number of benzene rings is 1. The van der Waals surface area contributed by atoms with Crippen molar-refractivity contribution in [1.29, 1.82) is 0 Å². The summed E-state index contributed by atoms with van der Waals surface area (Å²) in [4.78, 5) is 15.8. The fraction of sp³-hybridized carbons (Fsp3) is 0.333. The summed E-state index contributed by atoms with van der Waals surface area (Å²) in [6, 6.07) is 9.45. The van der Waals surface area contributed by atoms with Gasteiger partial charge in [0, 0.05) is 18.2 Å². The zero-order valence-electron chi connectivity index (χ0n) is 13.3. The van der Waals surface area contributed by atoms with Crippen molar-refractivity contribution < 1.29 is 14.3 Å². The summed E-state index contributed by atoms with van der Waals surface area (Å²) in [7, 11) is 0. The predicted octanol–water partition coefficient (Wildman–Crippen LogP) is 3.20. The average Bonchev–Trinajstić information content (AvgIpc) is 2.83. The van der Waals surface area contributed by atoms with Crippen molar-refractivity contribution in [3.63, 3.8) is 0 Å². The van der Waals surface area contributed by atoms with Gasteiger partial charge in [-0.3, -0.25) is 9.78 Å². The Hall–Kier alpha value is -2.56. The van der Waals surface area contributed by atoms with Gasteiger partial charge in [-0.25, -0.2) is 0 Å². The van der Waals surface area contributed by atoms with E-state index in [4.69, 9.17) is 9.47 Å². The van der Waals surface area contributed by atoms with Crippen LogP contribution in [0.5, 0.6) is 11.5 Å². The number of ether oxygens (including phenoxy) is 2. The topological polar surface area (TPSA) is 60.5 Å². The number of carbonyl (C=O) groups excluding carboxylic acids is 1. The number of hydrogen-bond donors (Lipinski definition) is 1. The fourth-order valence-electron chi connectivity index (χ4n) is 2.61. The maximum absolute atomic E-state index is 11.9. The van der Waals surface area contributed by atoms with Gasteiger partial charge in [0.15, 0.2) is 11.5 Å². The standard InChI is InChI=1S/C18H20N2O3/c1-18(2)11-13-5-3-7-15(17(13)23-18)22-10-8-16(21)20-14-6-4-9-19-12-14/h3-7,9,12H,8,10-11H2,1-2H3,(H,20,21). The molecular formula is C18H20N2O3. The molecule has 5 heteroatoms. The van der Waals surface area contributed by atoms with Gasteiger partial charge < -0.3 is 14.8 Å². The maximum atomic E-state index is 11.9. The molecule has 2 aromatic rings. The van der Waals surface area contributed by atoms with E-state index in [9.17, 15) is 4.79 Å². The van der Waals surface area contributed by atoms with Gasteiger partial charge in [0.05, 0.1) is 24.9 Å². The number of amides is 1. The van der Waals surface area contributed by atoms with Crippen molar-refractivity contribution in [1.82, 2.24) is 4.98 Å². The first-order chi connectivity index (χ1) is 11.0. The SMILES string of the molecule is CC1(C)Cc2cccc(OCCC(=O)Nc3cccnc3)c2O1. The summed E-state index contributed by atoms with van der Waals surface area (Å²) in [5, 5.41) is 2.78. The second-order valence-corrected chi connectivity index (χ2v) is 6.17. The van der Waals surface area contributed by atoms with E-state index in [2.05, 4.69) is 24.1 Å². The summed E-state index contributed by atoms with van der Waals surface area (Å²) in [6.07, 6.45) is 4.40. The molecule has 1 aromatic heterocycles. The van der Waals surface area contributed by atoms with Crippen LogP contribution in [0.15, 0.2) is 42.7 Å². The van der Waals surface area contributed by atoms with E-state index in [1.165, 1.54) is 0 Å². The predicted molar refractivity (Wildman–Crippen MR) is 87.8 cm³/mol. The highest BCUT2D eigenvalue weighted by molar-refractivity contribution is 5.90. The van der Waals surface area contributed by atoms with E-state index in [1.54, 1.807) is 24.5 Å². The van der Waals surface area contributed by atoms with Crippen LogP contribution in [-0.4, -0.2) is 23.1 Å². The van der Waals surface area contributed by atoms with Gasteiger partial charge in [0.2, 0.25) is 5.91 Å². The van der Waals surface area contributed by atoms with Gasteiger partial charge in [-0.15, -0.1) is 0 Å². The molecule has 0 fully saturated rings. The summed E-state index contributed by atoms with van der Waals surface area (Å²) in [5.41, 5.74) is 1.62. The lowest BCUT2D eigenvalue weighted by molar-refractivity contribution is -0.116. The van der Waals surface area contributed by atoms with Crippen LogP contribution in [0, 0.1) is 0 Å². The van der Waals surface area contributed by atoms with Crippen molar-refractivity contribution in [3.8, 4) is 11.5 Å². The molecule has 1 N–H and O–H groups in total. The third-order valence-electron chi connectivity index (χ3n) is 3.59. The Balaban J connectivity index is 1.54. The minimum atomic E-state index is -0.209. The summed E-state index contributed by atoms with van der Waals surface area (Å²) in [6.45, 7) is 4.41. The third kappa shape index (κ3) is 3.80. The maximum Gasteiger partial charge on any atom is 0.227 e. The van der Waals surface area contributed by atoms with Gasteiger partial charge in [-0.1, -0.05) is 12.1 Å². The highest BCUT2D eigenvalue weighted by atomic mass is 16.5. The number of hydrogen-bond acceptors (Lipinski definition) is 4. The number of aromatic nitrogens is 1. The molecule has 1 amide bonds. The quantitative estimate of drug-likeness (QED) is 0.921. The Kier molecular flexibility index (Phi) is 4.19. The summed E-state index contributed by atoms with van der Waals surface area (Å²) in [5.74, 6) is 1.39. The van der Waals surface area contributed by atoms with Gasteiger partial charge in [-0.05, 0) is 32.0 Å². The first kappa shape index (κ1) is 15.3. The normalized spacial score (nSPS) is 14.7. The van der Waals surface area contributed by atoms with E-state index < -0.39 is 0 Å². The number of anilines is 1. The van der Waals surface area contributed by atoms with Crippen LogP contribution >= 0.6 is 0 Å².